The third-order valence-electron chi connectivity index (χ3n) is 4.67. The number of nitrogens with one attached hydrogen (secondary N) is 2. The third kappa shape index (κ3) is 4.55. The van der Waals surface area contributed by atoms with Gasteiger partial charge in [0.05, 0.1) is 12.2 Å². The van der Waals surface area contributed by atoms with Gasteiger partial charge < -0.3 is 15.5 Å². The Kier molecular flexibility index (Phi) is 5.42. The highest BCUT2D eigenvalue weighted by Gasteiger charge is 2.26. The van der Waals surface area contributed by atoms with Crippen LogP contribution in [-0.4, -0.2) is 38.2 Å². The lowest BCUT2D eigenvalue weighted by molar-refractivity contribution is -0.146. The fourth-order valence-corrected chi connectivity index (χ4v) is 3.12. The van der Waals surface area contributed by atoms with Gasteiger partial charge in [0, 0.05) is 31.7 Å². The lowest BCUT2D eigenvalue weighted by Crippen LogP contribution is -2.45. The summed E-state index contributed by atoms with van der Waals surface area (Å²) in [4.78, 5) is 39.1. The smallest absolute Gasteiger partial charge is 0.312 e. The topological polar surface area (TPSA) is 100 Å². The van der Waals surface area contributed by atoms with Crippen molar-refractivity contribution in [3.63, 3.8) is 0 Å². The molecule has 8 nitrogen and oxygen atoms in total. The normalized spacial score (nSPS) is 12.8. The number of hydrogen-bond acceptors (Lipinski definition) is 6. The summed E-state index contributed by atoms with van der Waals surface area (Å²) in [5.41, 5.74) is 2.75. The average Bonchev–Trinajstić information content (AvgIpc) is 2.78. The Morgan fingerprint density at radius 2 is 1.86 bits per heavy atom. The maximum absolute atomic E-state index is 12.6. The van der Waals surface area contributed by atoms with Crippen LogP contribution in [0.25, 0.3) is 0 Å². The van der Waals surface area contributed by atoms with Crippen molar-refractivity contribution in [3.8, 4) is 0 Å². The van der Waals surface area contributed by atoms with E-state index in [4.69, 9.17) is 0 Å². The fourth-order valence-electron chi connectivity index (χ4n) is 3.12. The van der Waals surface area contributed by atoms with Crippen molar-refractivity contribution in [2.24, 2.45) is 0 Å². The summed E-state index contributed by atoms with van der Waals surface area (Å²) >= 11 is 0. The summed E-state index contributed by atoms with van der Waals surface area (Å²) < 4.78 is 0. The molecule has 29 heavy (non-hydrogen) atoms. The molecular formula is C21H20N6O2. The Morgan fingerprint density at radius 1 is 1.00 bits per heavy atom. The number of nitrogens with zero attached hydrogens (tertiary/aromatic N) is 4. The molecule has 0 aromatic carbocycles. The lowest BCUT2D eigenvalue weighted by atomic mass is 10.0. The quantitative estimate of drug-likeness (QED) is 0.662. The van der Waals surface area contributed by atoms with E-state index >= 15 is 0 Å². The van der Waals surface area contributed by atoms with Gasteiger partial charge in [-0.3, -0.25) is 14.6 Å². The number of fused-ring (bicyclic) bond motifs is 1. The summed E-state index contributed by atoms with van der Waals surface area (Å²) in [7, 11) is 0. The van der Waals surface area contributed by atoms with Crippen LogP contribution in [0.4, 0.5) is 11.6 Å². The van der Waals surface area contributed by atoms with Gasteiger partial charge in [-0.05, 0) is 47.9 Å². The first-order valence-electron chi connectivity index (χ1n) is 9.32. The van der Waals surface area contributed by atoms with Crippen LogP contribution in [0.2, 0.25) is 0 Å². The zero-order valence-electron chi connectivity index (χ0n) is 15.7. The van der Waals surface area contributed by atoms with Crippen molar-refractivity contribution in [3.05, 3.63) is 77.9 Å². The summed E-state index contributed by atoms with van der Waals surface area (Å²) in [6.45, 7) is 1.08. The molecular weight excluding hydrogens is 368 g/mol. The van der Waals surface area contributed by atoms with Crippen LogP contribution in [0.3, 0.4) is 0 Å². The number of pyridine rings is 3. The molecule has 3 aromatic rings. The summed E-state index contributed by atoms with van der Waals surface area (Å²) in [6, 6.07) is 13.1. The van der Waals surface area contributed by atoms with Crippen molar-refractivity contribution in [1.82, 2.24) is 25.2 Å². The molecule has 0 radical (unpaired) electrons. The summed E-state index contributed by atoms with van der Waals surface area (Å²) in [6.07, 6.45) is 5.65. The van der Waals surface area contributed by atoms with E-state index in [0.29, 0.717) is 31.1 Å². The SMILES string of the molecule is O=C(NCc1ccncc1)C(=O)N1CCc2ccc(Nc3ccccn3)nc2C1. The van der Waals surface area contributed by atoms with Gasteiger partial charge in [-0.1, -0.05) is 12.1 Å². The maximum atomic E-state index is 12.6. The van der Waals surface area contributed by atoms with Gasteiger partial charge in [0.15, 0.2) is 0 Å². The van der Waals surface area contributed by atoms with Gasteiger partial charge in [0.2, 0.25) is 0 Å². The monoisotopic (exact) mass is 388 g/mol. The van der Waals surface area contributed by atoms with Crippen LogP contribution < -0.4 is 10.6 Å². The minimum absolute atomic E-state index is 0.286. The van der Waals surface area contributed by atoms with Crippen LogP contribution in [-0.2, 0) is 29.1 Å². The van der Waals surface area contributed by atoms with E-state index in [2.05, 4.69) is 25.6 Å². The molecule has 4 heterocycles. The maximum Gasteiger partial charge on any atom is 0.312 e. The Balaban J connectivity index is 1.39. The number of carbonyl (C=O) groups is 2. The Hall–Kier alpha value is -3.81. The number of aromatic nitrogens is 3. The highest BCUT2D eigenvalue weighted by molar-refractivity contribution is 6.34. The molecule has 0 fully saturated rings. The van der Waals surface area contributed by atoms with Gasteiger partial charge >= 0.3 is 11.8 Å². The molecule has 0 saturated heterocycles. The minimum Gasteiger partial charge on any atom is -0.344 e. The van der Waals surface area contributed by atoms with Crippen LogP contribution in [0.5, 0.6) is 0 Å². The zero-order chi connectivity index (χ0) is 20.1. The van der Waals surface area contributed by atoms with Crippen molar-refractivity contribution in [2.45, 2.75) is 19.5 Å². The van der Waals surface area contributed by atoms with Crippen LogP contribution in [0, 0.1) is 0 Å². The average molecular weight is 388 g/mol. The van der Waals surface area contributed by atoms with Crippen molar-refractivity contribution < 1.29 is 9.59 Å². The Labute approximate surface area is 168 Å². The predicted molar refractivity (Wildman–Crippen MR) is 107 cm³/mol. The number of hydrogen-bond donors (Lipinski definition) is 2. The van der Waals surface area contributed by atoms with Crippen LogP contribution >= 0.6 is 0 Å². The molecule has 1 aliphatic rings. The summed E-state index contributed by atoms with van der Waals surface area (Å²) in [5.74, 6) is 0.181. The Morgan fingerprint density at radius 3 is 2.66 bits per heavy atom. The van der Waals surface area contributed by atoms with Crippen LogP contribution in [0.15, 0.2) is 61.1 Å². The standard InChI is InChI=1S/C21H20N6O2/c28-20(24-13-15-6-10-22-11-7-15)21(29)27-12-8-16-4-5-19(25-17(16)14-27)26-18-3-1-2-9-23-18/h1-7,9-11H,8,12-14H2,(H,24,28)(H,23,25,26). The van der Waals surface area contributed by atoms with Crippen LogP contribution in [0.1, 0.15) is 16.8 Å². The second kappa shape index (κ2) is 8.47. The molecule has 0 atom stereocenters. The van der Waals surface area contributed by atoms with E-state index in [1.807, 2.05) is 30.3 Å². The highest BCUT2D eigenvalue weighted by atomic mass is 16.2. The van der Waals surface area contributed by atoms with E-state index in [1.54, 1.807) is 30.7 Å². The van der Waals surface area contributed by atoms with Crippen molar-refractivity contribution in [1.29, 1.82) is 0 Å². The first-order valence-corrected chi connectivity index (χ1v) is 9.32. The van der Waals surface area contributed by atoms with E-state index in [-0.39, 0.29) is 6.54 Å². The van der Waals surface area contributed by atoms with Gasteiger partial charge in [0.25, 0.3) is 0 Å². The minimum atomic E-state index is -0.618. The third-order valence-corrected chi connectivity index (χ3v) is 4.67. The van der Waals surface area contributed by atoms with Gasteiger partial charge in [-0.2, -0.15) is 0 Å². The van der Waals surface area contributed by atoms with E-state index in [9.17, 15) is 9.59 Å². The fraction of sp³-hybridized carbons (Fsp3) is 0.190. The zero-order valence-corrected chi connectivity index (χ0v) is 15.7. The largest absolute Gasteiger partial charge is 0.344 e. The number of anilines is 2. The predicted octanol–water partition coefficient (Wildman–Crippen LogP) is 1.82. The molecule has 0 saturated carbocycles. The molecule has 2 amide bonds. The van der Waals surface area contributed by atoms with Gasteiger partial charge in [0.1, 0.15) is 11.6 Å². The first kappa shape index (κ1) is 18.5. The van der Waals surface area contributed by atoms with Crippen molar-refractivity contribution in [2.75, 3.05) is 11.9 Å². The second-order valence-electron chi connectivity index (χ2n) is 6.66. The molecule has 4 rings (SSSR count). The molecule has 1 aliphatic heterocycles. The Bertz CT molecular complexity index is 1010. The number of rotatable bonds is 4. The van der Waals surface area contributed by atoms with Gasteiger partial charge in [-0.15, -0.1) is 0 Å². The molecule has 8 heteroatoms. The molecule has 2 N–H and O–H groups in total. The molecule has 3 aromatic heterocycles. The van der Waals surface area contributed by atoms with E-state index < -0.39 is 11.8 Å². The first-order chi connectivity index (χ1) is 14.2. The second-order valence-corrected chi connectivity index (χ2v) is 6.66. The van der Waals surface area contributed by atoms with E-state index in [0.717, 1.165) is 16.8 Å². The molecule has 0 bridgehead atoms. The highest BCUT2D eigenvalue weighted by Crippen LogP contribution is 2.21. The molecule has 0 aliphatic carbocycles. The van der Waals surface area contributed by atoms with E-state index in [1.165, 1.54) is 4.90 Å². The molecule has 0 spiro atoms. The molecule has 146 valence electrons. The van der Waals surface area contributed by atoms with Gasteiger partial charge in [-0.25, -0.2) is 9.97 Å². The summed E-state index contributed by atoms with van der Waals surface area (Å²) in [5, 5.41) is 5.81. The molecule has 0 unspecified atom stereocenters. The number of amides is 2. The lowest BCUT2D eigenvalue weighted by Gasteiger charge is -2.28. The van der Waals surface area contributed by atoms with Crippen molar-refractivity contribution >= 4 is 23.5 Å². The number of carbonyl (C=O) groups excluding carboxylic acids is 2.